The molecular weight excluding hydrogens is 369 g/mol. The predicted molar refractivity (Wildman–Crippen MR) is 103 cm³/mol. The van der Waals surface area contributed by atoms with Crippen molar-refractivity contribution in [3.8, 4) is 5.75 Å². The lowest BCUT2D eigenvalue weighted by Crippen LogP contribution is -2.31. The summed E-state index contributed by atoms with van der Waals surface area (Å²) in [5.74, 6) is -0.505. The molecule has 0 bridgehead atoms. The average Bonchev–Trinajstić information content (AvgIpc) is 2.68. The summed E-state index contributed by atoms with van der Waals surface area (Å²) >= 11 is 6.00. The number of aldehydes is 1. The van der Waals surface area contributed by atoms with E-state index in [1.807, 2.05) is 30.3 Å². The summed E-state index contributed by atoms with van der Waals surface area (Å²) in [7, 11) is 1.54. The number of hydrogen-bond donors (Lipinski definition) is 0. The zero-order valence-electron chi connectivity index (χ0n) is 14.6. The van der Waals surface area contributed by atoms with Crippen LogP contribution in [-0.2, 0) is 11.3 Å². The Kier molecular flexibility index (Phi) is 5.72. The highest BCUT2D eigenvalue weighted by Crippen LogP contribution is 2.26. The van der Waals surface area contributed by atoms with Gasteiger partial charge >= 0.3 is 0 Å². The van der Waals surface area contributed by atoms with Crippen LogP contribution < -0.4 is 4.74 Å². The molecule has 0 aromatic heterocycles. The van der Waals surface area contributed by atoms with E-state index >= 15 is 0 Å². The second kappa shape index (κ2) is 8.18. The summed E-state index contributed by atoms with van der Waals surface area (Å²) in [5, 5.41) is 1.92. The topological polar surface area (TPSA) is 46.6 Å². The van der Waals surface area contributed by atoms with E-state index in [2.05, 4.69) is 0 Å². The van der Waals surface area contributed by atoms with Crippen LogP contribution in [0.4, 0.5) is 4.39 Å². The fraction of sp³-hybridized carbons (Fsp3) is 0.143. The van der Waals surface area contributed by atoms with Crippen molar-refractivity contribution in [2.24, 2.45) is 0 Å². The summed E-state index contributed by atoms with van der Waals surface area (Å²) in [6.45, 7) is -0.256. The van der Waals surface area contributed by atoms with Crippen LogP contribution in [0.15, 0.2) is 54.6 Å². The molecule has 0 spiro atoms. The third kappa shape index (κ3) is 4.09. The van der Waals surface area contributed by atoms with Gasteiger partial charge in [-0.3, -0.25) is 9.59 Å². The monoisotopic (exact) mass is 385 g/mol. The van der Waals surface area contributed by atoms with E-state index in [1.165, 1.54) is 24.1 Å². The van der Waals surface area contributed by atoms with E-state index in [-0.39, 0.29) is 29.6 Å². The SMILES string of the molecule is CN(Cc1c(F)cccc1Cl)C(=O)COc1ccc2ccccc2c1C=O. The van der Waals surface area contributed by atoms with Crippen LogP contribution in [0.5, 0.6) is 5.75 Å². The maximum absolute atomic E-state index is 13.9. The fourth-order valence-corrected chi connectivity index (χ4v) is 3.00. The molecule has 27 heavy (non-hydrogen) atoms. The van der Waals surface area contributed by atoms with E-state index in [4.69, 9.17) is 16.3 Å². The van der Waals surface area contributed by atoms with Gasteiger partial charge in [0.25, 0.3) is 5.91 Å². The molecule has 0 heterocycles. The zero-order valence-corrected chi connectivity index (χ0v) is 15.4. The van der Waals surface area contributed by atoms with Crippen molar-refractivity contribution in [1.29, 1.82) is 0 Å². The Balaban J connectivity index is 1.72. The lowest BCUT2D eigenvalue weighted by atomic mass is 10.0. The smallest absolute Gasteiger partial charge is 0.260 e. The fourth-order valence-electron chi connectivity index (χ4n) is 2.78. The first-order valence-corrected chi connectivity index (χ1v) is 8.65. The Labute approximate surface area is 161 Å². The molecule has 0 N–H and O–H groups in total. The third-order valence-corrected chi connectivity index (χ3v) is 4.64. The van der Waals surface area contributed by atoms with Gasteiger partial charge in [-0.05, 0) is 29.0 Å². The van der Waals surface area contributed by atoms with Gasteiger partial charge in [-0.2, -0.15) is 0 Å². The highest BCUT2D eigenvalue weighted by Gasteiger charge is 2.16. The van der Waals surface area contributed by atoms with Crippen molar-refractivity contribution in [2.75, 3.05) is 13.7 Å². The van der Waals surface area contributed by atoms with E-state index in [9.17, 15) is 14.0 Å². The largest absolute Gasteiger partial charge is 0.483 e. The van der Waals surface area contributed by atoms with Gasteiger partial charge in [0, 0.05) is 24.2 Å². The van der Waals surface area contributed by atoms with E-state index in [0.717, 1.165) is 10.8 Å². The number of carbonyl (C=O) groups is 2. The second-order valence-corrected chi connectivity index (χ2v) is 6.46. The van der Waals surface area contributed by atoms with E-state index in [0.29, 0.717) is 17.6 Å². The summed E-state index contributed by atoms with van der Waals surface area (Å²) in [6.07, 6.45) is 0.713. The molecule has 0 radical (unpaired) electrons. The second-order valence-electron chi connectivity index (χ2n) is 6.06. The minimum Gasteiger partial charge on any atom is -0.483 e. The number of likely N-dealkylation sites (N-methyl/N-ethyl adjacent to an activating group) is 1. The molecular formula is C21H17ClFNO3. The van der Waals surface area contributed by atoms with E-state index < -0.39 is 5.82 Å². The summed E-state index contributed by atoms with van der Waals surface area (Å²) < 4.78 is 19.4. The first-order valence-electron chi connectivity index (χ1n) is 8.28. The molecule has 3 rings (SSSR count). The maximum Gasteiger partial charge on any atom is 0.260 e. The molecule has 3 aromatic carbocycles. The highest BCUT2D eigenvalue weighted by atomic mass is 35.5. The van der Waals surface area contributed by atoms with Crippen molar-refractivity contribution >= 4 is 34.6 Å². The standard InChI is InChI=1S/C21H17ClFNO3/c1-24(11-16-18(22)7-4-8-19(16)23)21(26)13-27-20-10-9-14-5-2-3-6-15(14)17(20)12-25/h2-10,12H,11,13H2,1H3. The molecule has 0 saturated carbocycles. The van der Waals surface area contributed by atoms with Crippen LogP contribution in [0.2, 0.25) is 5.02 Å². The van der Waals surface area contributed by atoms with Gasteiger partial charge < -0.3 is 9.64 Å². The van der Waals surface area contributed by atoms with Crippen molar-refractivity contribution in [3.05, 3.63) is 76.6 Å². The molecule has 0 atom stereocenters. The molecule has 138 valence electrons. The first-order chi connectivity index (χ1) is 13.0. The minimum absolute atomic E-state index is 0.0198. The Bertz CT molecular complexity index is 986. The molecule has 0 fully saturated rings. The van der Waals surface area contributed by atoms with Crippen LogP contribution in [0.1, 0.15) is 15.9 Å². The Hall–Kier alpha value is -2.92. The third-order valence-electron chi connectivity index (χ3n) is 4.28. The Morgan fingerprint density at radius 2 is 1.93 bits per heavy atom. The van der Waals surface area contributed by atoms with Gasteiger partial charge in [-0.25, -0.2) is 4.39 Å². The molecule has 3 aromatic rings. The Morgan fingerprint density at radius 1 is 1.15 bits per heavy atom. The molecule has 6 heteroatoms. The van der Waals surface area contributed by atoms with Gasteiger partial charge in [0.05, 0.1) is 5.56 Å². The molecule has 0 saturated heterocycles. The lowest BCUT2D eigenvalue weighted by Gasteiger charge is -2.19. The van der Waals surface area contributed by atoms with Crippen LogP contribution in [-0.4, -0.2) is 30.7 Å². The average molecular weight is 386 g/mol. The van der Waals surface area contributed by atoms with E-state index in [1.54, 1.807) is 12.1 Å². The number of halogens is 2. The van der Waals surface area contributed by atoms with Gasteiger partial charge in [-0.15, -0.1) is 0 Å². The Morgan fingerprint density at radius 3 is 2.67 bits per heavy atom. The number of hydrogen-bond acceptors (Lipinski definition) is 3. The minimum atomic E-state index is -0.471. The predicted octanol–water partition coefficient (Wildman–Crippen LogP) is 4.48. The van der Waals surface area contributed by atoms with Crippen molar-refractivity contribution in [1.82, 2.24) is 4.90 Å². The van der Waals surface area contributed by atoms with Crippen LogP contribution in [0.3, 0.4) is 0 Å². The number of benzene rings is 3. The van der Waals surface area contributed by atoms with Gasteiger partial charge in [0.2, 0.25) is 0 Å². The lowest BCUT2D eigenvalue weighted by molar-refractivity contribution is -0.132. The van der Waals surface area contributed by atoms with Gasteiger partial charge in [0.15, 0.2) is 12.9 Å². The summed E-state index contributed by atoms with van der Waals surface area (Å²) in [4.78, 5) is 25.2. The molecule has 0 aliphatic heterocycles. The first kappa shape index (κ1) is 18.9. The summed E-state index contributed by atoms with van der Waals surface area (Å²) in [5.41, 5.74) is 0.634. The number of ether oxygens (including phenoxy) is 1. The van der Waals surface area contributed by atoms with Crippen molar-refractivity contribution < 1.29 is 18.7 Å². The van der Waals surface area contributed by atoms with Crippen LogP contribution >= 0.6 is 11.6 Å². The van der Waals surface area contributed by atoms with Gasteiger partial charge in [0.1, 0.15) is 11.6 Å². The maximum atomic E-state index is 13.9. The van der Waals surface area contributed by atoms with Gasteiger partial charge in [-0.1, -0.05) is 48.0 Å². The molecule has 0 unspecified atom stereocenters. The number of amides is 1. The van der Waals surface area contributed by atoms with Crippen LogP contribution in [0, 0.1) is 5.82 Å². The molecule has 0 aliphatic rings. The molecule has 4 nitrogen and oxygen atoms in total. The highest BCUT2D eigenvalue weighted by molar-refractivity contribution is 6.31. The number of carbonyl (C=O) groups excluding carboxylic acids is 2. The quantitative estimate of drug-likeness (QED) is 0.588. The normalized spacial score (nSPS) is 10.6. The zero-order chi connectivity index (χ0) is 19.4. The summed E-state index contributed by atoms with van der Waals surface area (Å²) in [6, 6.07) is 15.3. The van der Waals surface area contributed by atoms with Crippen molar-refractivity contribution in [3.63, 3.8) is 0 Å². The number of fused-ring (bicyclic) bond motifs is 1. The number of rotatable bonds is 6. The van der Waals surface area contributed by atoms with Crippen LogP contribution in [0.25, 0.3) is 10.8 Å². The van der Waals surface area contributed by atoms with Crippen molar-refractivity contribution in [2.45, 2.75) is 6.54 Å². The molecule has 1 amide bonds. The number of nitrogens with zero attached hydrogens (tertiary/aromatic N) is 1. The molecule has 0 aliphatic carbocycles.